The average Bonchev–Trinajstić information content (AvgIpc) is 1.85. The Hall–Kier alpha value is 0.690. The second kappa shape index (κ2) is 2.97. The van der Waals surface area contributed by atoms with Crippen molar-refractivity contribution in [1.29, 1.82) is 0 Å². The lowest BCUT2D eigenvalue weighted by atomic mass is 9.87. The van der Waals surface area contributed by atoms with Gasteiger partial charge in [0.1, 0.15) is 0 Å². The third kappa shape index (κ3) is 1.47. The topological polar surface area (TPSA) is 12.0 Å². The van der Waals surface area contributed by atoms with E-state index in [0.29, 0.717) is 0 Å². The summed E-state index contributed by atoms with van der Waals surface area (Å²) in [5.74, 6) is 0. The summed E-state index contributed by atoms with van der Waals surface area (Å²) in [6, 6.07) is 1.74. The Morgan fingerprint density at radius 1 is 1.10 bits per heavy atom. The van der Waals surface area contributed by atoms with E-state index in [0.717, 1.165) is 16.0 Å². The molecule has 1 N–H and O–H groups in total. The zero-order valence-electron chi connectivity index (χ0n) is 6.15. The fourth-order valence-corrected chi connectivity index (χ4v) is 3.42. The predicted molar refractivity (Wildman–Crippen MR) is 51.6 cm³/mol. The highest BCUT2D eigenvalue weighted by Gasteiger charge is 2.29. The van der Waals surface area contributed by atoms with Crippen molar-refractivity contribution in [3.63, 3.8) is 0 Å². The van der Waals surface area contributed by atoms with Gasteiger partial charge in [0.15, 0.2) is 0 Å². The Morgan fingerprint density at radius 3 is 2.30 bits per heavy atom. The highest BCUT2D eigenvalue weighted by Crippen LogP contribution is 2.29. The first kappa shape index (κ1) is 7.35. The first-order valence-corrected chi connectivity index (χ1v) is 5.49. The molecular formula is C8H14IN. The van der Waals surface area contributed by atoms with Crippen LogP contribution in [0, 0.1) is 0 Å². The van der Waals surface area contributed by atoms with Gasteiger partial charge >= 0.3 is 0 Å². The lowest BCUT2D eigenvalue weighted by Gasteiger charge is -2.38. The second-order valence-electron chi connectivity index (χ2n) is 3.56. The molecule has 2 heterocycles. The molecule has 2 atom stereocenters. The highest BCUT2D eigenvalue weighted by molar-refractivity contribution is 14.1. The molecule has 58 valence electrons. The Morgan fingerprint density at radius 2 is 1.70 bits per heavy atom. The van der Waals surface area contributed by atoms with E-state index in [9.17, 15) is 0 Å². The Balaban J connectivity index is 1.98. The van der Waals surface area contributed by atoms with Gasteiger partial charge < -0.3 is 5.32 Å². The summed E-state index contributed by atoms with van der Waals surface area (Å²) in [5, 5.41) is 3.68. The zero-order valence-corrected chi connectivity index (χ0v) is 8.30. The third-order valence-corrected chi connectivity index (χ3v) is 3.67. The monoisotopic (exact) mass is 251 g/mol. The van der Waals surface area contributed by atoms with E-state index in [-0.39, 0.29) is 0 Å². The van der Waals surface area contributed by atoms with Gasteiger partial charge in [0.2, 0.25) is 0 Å². The molecule has 2 fully saturated rings. The number of rotatable bonds is 0. The van der Waals surface area contributed by atoms with Crippen LogP contribution in [0.15, 0.2) is 0 Å². The van der Waals surface area contributed by atoms with Crippen molar-refractivity contribution in [1.82, 2.24) is 5.32 Å². The summed E-state index contributed by atoms with van der Waals surface area (Å²) in [4.78, 5) is 0. The van der Waals surface area contributed by atoms with Crippen molar-refractivity contribution in [2.45, 2.75) is 48.1 Å². The minimum atomic E-state index is 0.870. The van der Waals surface area contributed by atoms with E-state index < -0.39 is 0 Å². The van der Waals surface area contributed by atoms with Crippen LogP contribution in [0.1, 0.15) is 32.1 Å². The largest absolute Gasteiger partial charge is 0.311 e. The Kier molecular flexibility index (Phi) is 2.18. The van der Waals surface area contributed by atoms with Crippen LogP contribution >= 0.6 is 22.6 Å². The maximum absolute atomic E-state index is 3.68. The number of piperidine rings is 2. The van der Waals surface area contributed by atoms with Crippen molar-refractivity contribution >= 4 is 22.6 Å². The fraction of sp³-hybridized carbons (Fsp3) is 1.00. The quantitative estimate of drug-likeness (QED) is 0.513. The van der Waals surface area contributed by atoms with Crippen LogP contribution in [0.4, 0.5) is 0 Å². The van der Waals surface area contributed by atoms with Gasteiger partial charge in [-0.2, -0.15) is 0 Å². The Labute approximate surface area is 76.1 Å². The van der Waals surface area contributed by atoms with Crippen LogP contribution in [0.2, 0.25) is 0 Å². The number of hydrogen-bond donors (Lipinski definition) is 1. The van der Waals surface area contributed by atoms with Gasteiger partial charge in [-0.3, -0.25) is 0 Å². The molecule has 0 unspecified atom stereocenters. The minimum Gasteiger partial charge on any atom is -0.311 e. The molecule has 2 aliphatic heterocycles. The van der Waals surface area contributed by atoms with Crippen LogP contribution < -0.4 is 5.32 Å². The summed E-state index contributed by atoms with van der Waals surface area (Å²) in [6.07, 6.45) is 7.14. The van der Waals surface area contributed by atoms with E-state index in [1.54, 1.807) is 0 Å². The molecule has 0 spiro atoms. The van der Waals surface area contributed by atoms with Crippen LogP contribution in [0.5, 0.6) is 0 Å². The maximum Gasteiger partial charge on any atom is 0.0139 e. The van der Waals surface area contributed by atoms with Crippen LogP contribution in [0.3, 0.4) is 0 Å². The van der Waals surface area contributed by atoms with Gasteiger partial charge in [0.05, 0.1) is 0 Å². The molecule has 0 radical (unpaired) electrons. The van der Waals surface area contributed by atoms with Crippen molar-refractivity contribution in [2.24, 2.45) is 0 Å². The van der Waals surface area contributed by atoms with Gasteiger partial charge in [-0.1, -0.05) is 29.0 Å². The SMILES string of the molecule is IC1C[C@@H]2CCC[C@@H](C1)N2. The molecule has 0 aromatic rings. The van der Waals surface area contributed by atoms with Gasteiger partial charge in [-0.05, 0) is 25.7 Å². The Bertz CT molecular complexity index is 110. The number of fused-ring (bicyclic) bond motifs is 2. The van der Waals surface area contributed by atoms with Gasteiger partial charge in [-0.25, -0.2) is 0 Å². The molecule has 2 aliphatic rings. The second-order valence-corrected chi connectivity index (χ2v) is 5.32. The lowest BCUT2D eigenvalue weighted by Crippen LogP contribution is -2.48. The van der Waals surface area contributed by atoms with Crippen molar-refractivity contribution < 1.29 is 0 Å². The number of nitrogens with one attached hydrogen (secondary N) is 1. The molecule has 1 nitrogen and oxygen atoms in total. The third-order valence-electron chi connectivity index (χ3n) is 2.66. The maximum atomic E-state index is 3.68. The van der Waals surface area contributed by atoms with E-state index in [1.807, 2.05) is 0 Å². The van der Waals surface area contributed by atoms with Crippen molar-refractivity contribution in [3.05, 3.63) is 0 Å². The number of halogens is 1. The molecule has 0 amide bonds. The van der Waals surface area contributed by atoms with Crippen LogP contribution in [0.25, 0.3) is 0 Å². The van der Waals surface area contributed by atoms with E-state index in [2.05, 4.69) is 27.9 Å². The molecule has 2 heteroatoms. The number of alkyl halides is 1. The van der Waals surface area contributed by atoms with Gasteiger partial charge in [0, 0.05) is 16.0 Å². The first-order valence-electron chi connectivity index (χ1n) is 4.25. The van der Waals surface area contributed by atoms with Crippen LogP contribution in [-0.4, -0.2) is 16.0 Å². The van der Waals surface area contributed by atoms with E-state index in [1.165, 1.54) is 32.1 Å². The summed E-state index contributed by atoms with van der Waals surface area (Å²) in [6.45, 7) is 0. The minimum absolute atomic E-state index is 0.870. The summed E-state index contributed by atoms with van der Waals surface area (Å²) >= 11 is 2.60. The molecule has 10 heavy (non-hydrogen) atoms. The smallest absolute Gasteiger partial charge is 0.0139 e. The van der Waals surface area contributed by atoms with Crippen LogP contribution in [-0.2, 0) is 0 Å². The summed E-state index contributed by atoms with van der Waals surface area (Å²) in [7, 11) is 0. The fourth-order valence-electron chi connectivity index (χ4n) is 2.20. The molecule has 0 saturated carbocycles. The first-order chi connectivity index (χ1) is 4.84. The highest BCUT2D eigenvalue weighted by atomic mass is 127. The normalized spacial score (nSPS) is 47.1. The average molecular weight is 251 g/mol. The molecule has 0 aliphatic carbocycles. The predicted octanol–water partition coefficient (Wildman–Crippen LogP) is 2.09. The molecule has 2 rings (SSSR count). The molecule has 2 bridgehead atoms. The lowest BCUT2D eigenvalue weighted by molar-refractivity contribution is 0.253. The number of hydrogen-bond acceptors (Lipinski definition) is 1. The zero-order chi connectivity index (χ0) is 6.97. The molecule has 2 saturated heterocycles. The van der Waals surface area contributed by atoms with Gasteiger partial charge in [0.25, 0.3) is 0 Å². The van der Waals surface area contributed by atoms with Crippen molar-refractivity contribution in [3.8, 4) is 0 Å². The summed E-state index contributed by atoms with van der Waals surface area (Å²) in [5.41, 5.74) is 0. The molecular weight excluding hydrogens is 237 g/mol. The summed E-state index contributed by atoms with van der Waals surface area (Å²) < 4.78 is 0.953. The van der Waals surface area contributed by atoms with Gasteiger partial charge in [-0.15, -0.1) is 0 Å². The van der Waals surface area contributed by atoms with Crippen molar-refractivity contribution in [2.75, 3.05) is 0 Å². The standard InChI is InChI=1S/C8H14IN/c9-6-4-7-2-1-3-8(5-6)10-7/h6-8,10H,1-5H2/t7-,8-/m0/s1. The molecule has 0 aromatic heterocycles. The van der Waals surface area contributed by atoms with E-state index >= 15 is 0 Å². The molecule has 0 aromatic carbocycles. The van der Waals surface area contributed by atoms with E-state index in [4.69, 9.17) is 0 Å².